The van der Waals surface area contributed by atoms with Gasteiger partial charge in [-0.2, -0.15) is 0 Å². The summed E-state index contributed by atoms with van der Waals surface area (Å²) in [4.78, 5) is 41.4. The fourth-order valence-electron chi connectivity index (χ4n) is 8.64. The molecule has 0 amide bonds. The predicted octanol–water partition coefficient (Wildman–Crippen LogP) is 1.64. The van der Waals surface area contributed by atoms with Crippen LogP contribution < -0.4 is 14.2 Å². The van der Waals surface area contributed by atoms with Gasteiger partial charge in [0.05, 0.1) is 17.0 Å². The van der Waals surface area contributed by atoms with Gasteiger partial charge in [-0.1, -0.05) is 0 Å². The molecule has 1 aliphatic carbocycles. The summed E-state index contributed by atoms with van der Waals surface area (Å²) in [5.74, 6) is -26.2. The highest BCUT2D eigenvalue weighted by Crippen LogP contribution is 2.61. The summed E-state index contributed by atoms with van der Waals surface area (Å²) >= 11 is 0. The molecule has 2 bridgehead atoms. The molecule has 5 aromatic rings. The number of phenols is 12. The number of hydrogen-bond donors (Lipinski definition) is 15. The lowest BCUT2D eigenvalue weighted by atomic mass is 9.67. The Kier molecular flexibility index (Phi) is 9.72. The summed E-state index contributed by atoms with van der Waals surface area (Å²) in [6, 6.07) is 7.50. The topological polar surface area (TPSA) is 401 Å². The van der Waals surface area contributed by atoms with Gasteiger partial charge >= 0.3 is 17.7 Å². The van der Waals surface area contributed by atoms with E-state index in [0.717, 1.165) is 42.5 Å². The van der Waals surface area contributed by atoms with Crippen LogP contribution in [0.3, 0.4) is 0 Å². The number of aliphatic hydroxyl groups is 3. The maximum atomic E-state index is 14.0. The number of hydrogen-bond acceptors (Lipinski definition) is 23. The van der Waals surface area contributed by atoms with E-state index < -0.39 is 175 Å². The number of carbonyl (C=O) groups excluding carboxylic acids is 3. The molecule has 67 heavy (non-hydrogen) atoms. The lowest BCUT2D eigenvalue weighted by molar-refractivity contribution is -0.340. The van der Waals surface area contributed by atoms with Crippen LogP contribution in [-0.2, 0) is 27.1 Å². The van der Waals surface area contributed by atoms with Crippen molar-refractivity contribution in [1.29, 1.82) is 0 Å². The molecule has 0 saturated heterocycles. The van der Waals surface area contributed by atoms with Crippen molar-refractivity contribution in [2.75, 3.05) is 0 Å². The van der Waals surface area contributed by atoms with E-state index in [0.29, 0.717) is 18.2 Å². The normalized spacial score (nSPS) is 23.2. The van der Waals surface area contributed by atoms with Crippen molar-refractivity contribution < 1.29 is 115 Å². The maximum Gasteiger partial charge on any atom is 0.338 e. The number of benzene rings is 5. The quantitative estimate of drug-likeness (QED) is 0.0653. The lowest BCUT2D eigenvalue weighted by Crippen LogP contribution is -2.70. The third kappa shape index (κ3) is 6.74. The van der Waals surface area contributed by atoms with Crippen LogP contribution >= 0.6 is 0 Å². The minimum atomic E-state index is -3.86. The first kappa shape index (κ1) is 43.6. The van der Waals surface area contributed by atoms with Crippen molar-refractivity contribution in [3.05, 3.63) is 99.6 Å². The molecule has 5 aromatic carbocycles. The fourth-order valence-corrected chi connectivity index (χ4v) is 8.64. The highest BCUT2D eigenvalue weighted by molar-refractivity contribution is 6.00. The molecule has 23 heteroatoms. The van der Waals surface area contributed by atoms with Gasteiger partial charge in [-0.15, -0.1) is 0 Å². The Hall–Kier alpha value is -8.67. The summed E-state index contributed by atoms with van der Waals surface area (Å²) in [6.45, 7) is 0. The molecule has 6 atom stereocenters. The molecule has 9 rings (SSSR count). The minimum Gasteiger partial charge on any atom is -0.508 e. The summed E-state index contributed by atoms with van der Waals surface area (Å²) in [6.07, 6.45) is -7.82. The first-order chi connectivity index (χ1) is 31.5. The van der Waals surface area contributed by atoms with E-state index in [-0.39, 0.29) is 22.6 Å². The van der Waals surface area contributed by atoms with Gasteiger partial charge in [0, 0.05) is 59.4 Å². The zero-order valence-corrected chi connectivity index (χ0v) is 33.5. The van der Waals surface area contributed by atoms with Gasteiger partial charge in [0.15, 0.2) is 58.2 Å². The Morgan fingerprint density at radius 3 is 1.46 bits per heavy atom. The number of fused-ring (bicyclic) bond motifs is 6. The summed E-state index contributed by atoms with van der Waals surface area (Å²) in [7, 11) is 0. The summed E-state index contributed by atoms with van der Waals surface area (Å²) < 4.78 is 29.3. The predicted molar refractivity (Wildman–Crippen MR) is 214 cm³/mol. The van der Waals surface area contributed by atoms with Crippen molar-refractivity contribution in [3.8, 4) is 86.2 Å². The number of phenolic OH excluding ortho intramolecular Hbond substituents is 12. The summed E-state index contributed by atoms with van der Waals surface area (Å²) in [5, 5.41) is 161. The van der Waals surface area contributed by atoms with E-state index in [4.69, 9.17) is 23.7 Å². The first-order valence-electron chi connectivity index (χ1n) is 19.5. The second kappa shape index (κ2) is 14.9. The molecule has 3 aliphatic heterocycles. The molecular weight excluding hydrogens is 896 g/mol. The van der Waals surface area contributed by atoms with Gasteiger partial charge in [0.25, 0.3) is 0 Å². The number of ether oxygens (including phenoxy) is 5. The van der Waals surface area contributed by atoms with Gasteiger partial charge < -0.3 is 100 Å². The smallest absolute Gasteiger partial charge is 0.338 e. The van der Waals surface area contributed by atoms with Crippen molar-refractivity contribution >= 4 is 17.7 Å². The number of esters is 2. The van der Waals surface area contributed by atoms with Crippen molar-refractivity contribution in [3.63, 3.8) is 0 Å². The van der Waals surface area contributed by atoms with Crippen LogP contribution in [-0.4, -0.2) is 124 Å². The third-order valence-corrected chi connectivity index (χ3v) is 11.8. The van der Waals surface area contributed by atoms with Crippen LogP contribution in [0.5, 0.6) is 86.2 Å². The van der Waals surface area contributed by atoms with Crippen LogP contribution in [0.25, 0.3) is 0 Å². The largest absolute Gasteiger partial charge is 0.508 e. The fraction of sp³-hybridized carbons (Fsp3) is 0.205. The average molecular weight is 931 g/mol. The molecule has 1 unspecified atom stereocenters. The van der Waals surface area contributed by atoms with Gasteiger partial charge in [-0.3, -0.25) is 4.79 Å². The monoisotopic (exact) mass is 930 g/mol. The summed E-state index contributed by atoms with van der Waals surface area (Å²) in [5.41, 5.74) is -3.10. The zero-order chi connectivity index (χ0) is 48.3. The Balaban J connectivity index is 1.23. The Morgan fingerprint density at radius 2 is 0.985 bits per heavy atom. The highest BCUT2D eigenvalue weighted by Gasteiger charge is 2.70. The van der Waals surface area contributed by atoms with Crippen LogP contribution in [0.1, 0.15) is 55.0 Å². The Bertz CT molecular complexity index is 2980. The molecule has 0 spiro atoms. The van der Waals surface area contributed by atoms with E-state index in [2.05, 4.69) is 0 Å². The maximum absolute atomic E-state index is 14.0. The number of aromatic hydroxyl groups is 12. The van der Waals surface area contributed by atoms with Crippen LogP contribution in [0.4, 0.5) is 0 Å². The lowest BCUT2D eigenvalue weighted by Gasteiger charge is -2.52. The van der Waals surface area contributed by atoms with E-state index in [9.17, 15) is 91.0 Å². The molecule has 15 N–H and O–H groups in total. The molecule has 4 aliphatic rings. The molecule has 0 radical (unpaired) electrons. The van der Waals surface area contributed by atoms with Gasteiger partial charge in [0.2, 0.25) is 17.3 Å². The van der Waals surface area contributed by atoms with E-state index in [1.54, 1.807) is 0 Å². The standard InChI is InChI=1S/C44H34O23/c45-15-5-21(47)17-10-30(65-41(58)13-1-23(49)35(55)24(50)2-13)38(63-28(17)7-15)19-9-27(53)37(57)40-33(19)34-20(12-32(54)44(62,67-40)43(34,60)61)39-31(11-18-22(48)6-16(46)8-29(18)64-39)66-42(59)14-3-25(51)36(56)26(52)4-14/h1-9,12,30-31,34,38-39,45-53,55-57,60-62H,10-11H2/t30-,31?,34-,38-,39-,44+/m1/s1. The Morgan fingerprint density at radius 1 is 0.552 bits per heavy atom. The van der Waals surface area contributed by atoms with Crippen molar-refractivity contribution in [2.24, 2.45) is 0 Å². The molecule has 3 heterocycles. The number of ketones is 1. The average Bonchev–Trinajstić information content (AvgIpc) is 3.25. The van der Waals surface area contributed by atoms with Crippen LogP contribution in [0.15, 0.2) is 66.2 Å². The van der Waals surface area contributed by atoms with Crippen LogP contribution in [0, 0.1) is 0 Å². The SMILES string of the molecule is O=C(OC1Cc2c(O)cc(O)cc2O[C@@H]1C1=CC(=O)[C@]2(O)Oc3c(O)c(O)cc([C@H]4Oc5cc(O)cc(O)c5C[C@H]4OC(=O)c4cc(O)c(O)c(O)c4)c3[C@@H]1C2(O)O)c1cc(O)c(O)c(O)c1. The van der Waals surface area contributed by atoms with Crippen molar-refractivity contribution in [2.45, 2.75) is 54.7 Å². The minimum absolute atomic E-state index is 0.0889. The van der Waals surface area contributed by atoms with E-state index in [1.807, 2.05) is 0 Å². The van der Waals surface area contributed by atoms with Gasteiger partial charge in [-0.05, 0) is 42.0 Å². The molecule has 0 fully saturated rings. The number of carbonyl (C=O) groups is 3. The number of rotatable bonds is 6. The highest BCUT2D eigenvalue weighted by atomic mass is 16.7. The van der Waals surface area contributed by atoms with Crippen molar-refractivity contribution in [1.82, 2.24) is 0 Å². The zero-order valence-electron chi connectivity index (χ0n) is 33.5. The Labute approximate surface area is 372 Å². The molecule has 0 saturated carbocycles. The first-order valence-corrected chi connectivity index (χ1v) is 19.5. The molecule has 23 nitrogen and oxygen atoms in total. The molecular formula is C44H34O23. The second-order valence-corrected chi connectivity index (χ2v) is 16.0. The van der Waals surface area contributed by atoms with Gasteiger partial charge in [-0.25, -0.2) is 9.59 Å². The third-order valence-electron chi connectivity index (χ3n) is 11.8. The van der Waals surface area contributed by atoms with E-state index in [1.165, 1.54) is 0 Å². The van der Waals surface area contributed by atoms with E-state index >= 15 is 0 Å². The van der Waals surface area contributed by atoms with Crippen LogP contribution in [0.2, 0.25) is 0 Å². The van der Waals surface area contributed by atoms with Gasteiger partial charge in [0.1, 0.15) is 46.7 Å². The molecule has 348 valence electrons. The molecule has 0 aromatic heterocycles. The second-order valence-electron chi connectivity index (χ2n) is 16.0.